The summed E-state index contributed by atoms with van der Waals surface area (Å²) in [6.07, 6.45) is 0.815. The minimum absolute atomic E-state index is 0.150. The van der Waals surface area contributed by atoms with Crippen LogP contribution < -0.4 is 5.32 Å². The van der Waals surface area contributed by atoms with Crippen LogP contribution in [0.15, 0.2) is 35.0 Å². The zero-order chi connectivity index (χ0) is 13.0. The zero-order valence-corrected chi connectivity index (χ0v) is 10.9. The number of carbonyl (C=O) groups is 1. The fourth-order valence-corrected chi connectivity index (χ4v) is 2.44. The molecule has 4 heteroatoms. The van der Waals surface area contributed by atoms with Crippen molar-refractivity contribution >= 4 is 17.2 Å². The van der Waals surface area contributed by atoms with Crippen molar-refractivity contribution in [3.05, 3.63) is 57.5 Å². The molecule has 0 radical (unpaired) electrons. The summed E-state index contributed by atoms with van der Waals surface area (Å²) < 4.78 is 12.9. The van der Waals surface area contributed by atoms with Gasteiger partial charge in [0.05, 0.1) is 0 Å². The molecule has 0 saturated heterocycles. The van der Waals surface area contributed by atoms with E-state index in [-0.39, 0.29) is 11.7 Å². The van der Waals surface area contributed by atoms with Crippen LogP contribution in [0.4, 0.5) is 4.39 Å². The van der Waals surface area contributed by atoms with Crippen molar-refractivity contribution in [1.82, 2.24) is 5.32 Å². The number of thiophene rings is 1. The highest BCUT2D eigenvalue weighted by Crippen LogP contribution is 2.10. The third-order valence-corrected chi connectivity index (χ3v) is 3.44. The highest BCUT2D eigenvalue weighted by atomic mass is 32.1. The molecular formula is C14H14FNOS. The molecule has 1 heterocycles. The molecule has 0 atom stereocenters. The number of hydrogen-bond donors (Lipinski definition) is 1. The fourth-order valence-electron chi connectivity index (χ4n) is 1.73. The molecular weight excluding hydrogens is 249 g/mol. The molecule has 0 bridgehead atoms. The Kier molecular flexibility index (Phi) is 4.10. The average molecular weight is 263 g/mol. The van der Waals surface area contributed by atoms with Crippen LogP contribution in [-0.4, -0.2) is 12.5 Å². The summed E-state index contributed by atoms with van der Waals surface area (Å²) in [4.78, 5) is 11.9. The Morgan fingerprint density at radius 2 is 2.22 bits per heavy atom. The maximum Gasteiger partial charge on any atom is 0.251 e. The molecule has 2 aromatic rings. The summed E-state index contributed by atoms with van der Waals surface area (Å²) in [5, 5.41) is 6.92. The standard InChI is InChI=1S/C14H14FNOS/c1-10-8-12(15)2-3-13(10)14(17)16-6-4-11-5-7-18-9-11/h2-3,5,7-9H,4,6H2,1H3,(H,16,17). The van der Waals surface area contributed by atoms with Crippen LogP contribution in [0.2, 0.25) is 0 Å². The third kappa shape index (κ3) is 3.17. The van der Waals surface area contributed by atoms with Gasteiger partial charge in [-0.3, -0.25) is 4.79 Å². The van der Waals surface area contributed by atoms with Crippen molar-refractivity contribution < 1.29 is 9.18 Å². The number of carbonyl (C=O) groups excluding carboxylic acids is 1. The van der Waals surface area contributed by atoms with E-state index in [4.69, 9.17) is 0 Å². The largest absolute Gasteiger partial charge is 0.352 e. The SMILES string of the molecule is Cc1cc(F)ccc1C(=O)NCCc1ccsc1. The van der Waals surface area contributed by atoms with Gasteiger partial charge in [-0.15, -0.1) is 0 Å². The molecule has 2 nitrogen and oxygen atoms in total. The molecule has 0 fully saturated rings. The van der Waals surface area contributed by atoms with Crippen molar-refractivity contribution in [1.29, 1.82) is 0 Å². The molecule has 0 aliphatic heterocycles. The third-order valence-electron chi connectivity index (χ3n) is 2.71. The second-order valence-corrected chi connectivity index (χ2v) is 4.88. The first-order valence-electron chi connectivity index (χ1n) is 5.72. The number of benzene rings is 1. The van der Waals surface area contributed by atoms with E-state index in [9.17, 15) is 9.18 Å². The van der Waals surface area contributed by atoms with Crippen LogP contribution in [0.3, 0.4) is 0 Å². The maximum atomic E-state index is 12.9. The summed E-state index contributed by atoms with van der Waals surface area (Å²) in [5.74, 6) is -0.468. The summed E-state index contributed by atoms with van der Waals surface area (Å²) in [7, 11) is 0. The summed E-state index contributed by atoms with van der Waals surface area (Å²) in [6, 6.07) is 6.24. The van der Waals surface area contributed by atoms with Gasteiger partial charge >= 0.3 is 0 Å². The molecule has 0 saturated carbocycles. The van der Waals surface area contributed by atoms with Gasteiger partial charge in [0, 0.05) is 12.1 Å². The zero-order valence-electron chi connectivity index (χ0n) is 10.1. The number of aryl methyl sites for hydroxylation is 1. The average Bonchev–Trinajstić information content (AvgIpc) is 2.81. The van der Waals surface area contributed by atoms with Gasteiger partial charge in [0.15, 0.2) is 0 Å². The molecule has 1 aromatic carbocycles. The highest BCUT2D eigenvalue weighted by molar-refractivity contribution is 7.07. The second kappa shape index (κ2) is 5.78. The van der Waals surface area contributed by atoms with Crippen molar-refractivity contribution in [2.75, 3.05) is 6.54 Å². The first-order valence-corrected chi connectivity index (χ1v) is 6.66. The minimum atomic E-state index is -0.317. The van der Waals surface area contributed by atoms with Crippen LogP contribution in [0.25, 0.3) is 0 Å². The van der Waals surface area contributed by atoms with Crippen LogP contribution in [-0.2, 0) is 6.42 Å². The first-order chi connectivity index (χ1) is 8.66. The molecule has 1 N–H and O–H groups in total. The van der Waals surface area contributed by atoms with Gasteiger partial charge in [0.2, 0.25) is 0 Å². The maximum absolute atomic E-state index is 12.9. The molecule has 18 heavy (non-hydrogen) atoms. The number of rotatable bonds is 4. The lowest BCUT2D eigenvalue weighted by Gasteiger charge is -2.07. The van der Waals surface area contributed by atoms with E-state index >= 15 is 0 Å². The molecule has 2 rings (SSSR count). The molecule has 0 aliphatic rings. The van der Waals surface area contributed by atoms with Crippen molar-refractivity contribution in [2.24, 2.45) is 0 Å². The Bertz CT molecular complexity index is 537. The van der Waals surface area contributed by atoms with Crippen molar-refractivity contribution in [3.8, 4) is 0 Å². The number of hydrogen-bond acceptors (Lipinski definition) is 2. The van der Waals surface area contributed by atoms with Crippen molar-refractivity contribution in [2.45, 2.75) is 13.3 Å². The van der Waals surface area contributed by atoms with E-state index < -0.39 is 0 Å². The Morgan fingerprint density at radius 1 is 1.39 bits per heavy atom. The Morgan fingerprint density at radius 3 is 2.89 bits per heavy atom. The normalized spacial score (nSPS) is 10.3. The van der Waals surface area contributed by atoms with E-state index in [1.807, 2.05) is 11.4 Å². The number of halogens is 1. The fraction of sp³-hybridized carbons (Fsp3) is 0.214. The topological polar surface area (TPSA) is 29.1 Å². The van der Waals surface area contributed by atoms with E-state index in [1.54, 1.807) is 18.3 Å². The lowest BCUT2D eigenvalue weighted by Crippen LogP contribution is -2.26. The van der Waals surface area contributed by atoms with E-state index in [0.29, 0.717) is 17.7 Å². The smallest absolute Gasteiger partial charge is 0.251 e. The summed E-state index contributed by atoms with van der Waals surface area (Å²) in [5.41, 5.74) is 2.40. The molecule has 94 valence electrons. The van der Waals surface area contributed by atoms with Crippen LogP contribution in [0.5, 0.6) is 0 Å². The van der Waals surface area contributed by atoms with Gasteiger partial charge < -0.3 is 5.32 Å². The quantitative estimate of drug-likeness (QED) is 0.902. The van der Waals surface area contributed by atoms with E-state index in [1.165, 1.54) is 23.8 Å². The summed E-state index contributed by atoms with van der Waals surface area (Å²) >= 11 is 1.64. The minimum Gasteiger partial charge on any atom is -0.352 e. The van der Waals surface area contributed by atoms with Gasteiger partial charge in [-0.05, 0) is 59.5 Å². The highest BCUT2D eigenvalue weighted by Gasteiger charge is 2.08. The lowest BCUT2D eigenvalue weighted by molar-refractivity contribution is 0.0953. The molecule has 1 aromatic heterocycles. The van der Waals surface area contributed by atoms with Crippen LogP contribution >= 0.6 is 11.3 Å². The Hall–Kier alpha value is -1.68. The number of nitrogens with one attached hydrogen (secondary N) is 1. The van der Waals surface area contributed by atoms with Crippen molar-refractivity contribution in [3.63, 3.8) is 0 Å². The Labute approximate surface area is 109 Å². The predicted molar refractivity (Wildman–Crippen MR) is 71.5 cm³/mol. The van der Waals surface area contributed by atoms with E-state index in [2.05, 4.69) is 10.7 Å². The van der Waals surface area contributed by atoms with E-state index in [0.717, 1.165) is 6.42 Å². The second-order valence-electron chi connectivity index (χ2n) is 4.10. The van der Waals surface area contributed by atoms with Gasteiger partial charge in [-0.25, -0.2) is 4.39 Å². The van der Waals surface area contributed by atoms with Crippen LogP contribution in [0, 0.1) is 12.7 Å². The van der Waals surface area contributed by atoms with Gasteiger partial charge in [-0.1, -0.05) is 0 Å². The Balaban J connectivity index is 1.91. The summed E-state index contributed by atoms with van der Waals surface area (Å²) in [6.45, 7) is 2.32. The molecule has 0 aliphatic carbocycles. The predicted octanol–water partition coefficient (Wildman–Crippen LogP) is 3.17. The molecule has 1 amide bonds. The van der Waals surface area contributed by atoms with Gasteiger partial charge in [0.1, 0.15) is 5.82 Å². The van der Waals surface area contributed by atoms with Gasteiger partial charge in [0.25, 0.3) is 5.91 Å². The van der Waals surface area contributed by atoms with Gasteiger partial charge in [-0.2, -0.15) is 11.3 Å². The lowest BCUT2D eigenvalue weighted by atomic mass is 10.1. The number of amides is 1. The first kappa shape index (κ1) is 12.8. The molecule has 0 spiro atoms. The molecule has 0 unspecified atom stereocenters. The van der Waals surface area contributed by atoms with Crippen LogP contribution in [0.1, 0.15) is 21.5 Å². The monoisotopic (exact) mass is 263 g/mol.